The number of hydrogen-bond donors (Lipinski definition) is 2. The van der Waals surface area contributed by atoms with Gasteiger partial charge in [-0.1, -0.05) is 12.1 Å². The van der Waals surface area contributed by atoms with E-state index < -0.39 is 0 Å². The van der Waals surface area contributed by atoms with Crippen LogP contribution in [0.2, 0.25) is 0 Å². The van der Waals surface area contributed by atoms with Crippen LogP contribution >= 0.6 is 0 Å². The normalized spacial score (nSPS) is 22.2. The molecule has 1 unspecified atom stereocenters. The molecule has 1 atom stereocenters. The molecule has 1 aromatic carbocycles. The van der Waals surface area contributed by atoms with Gasteiger partial charge in [0.05, 0.1) is 5.54 Å². The average Bonchev–Trinajstić information content (AvgIpc) is 2.31. The summed E-state index contributed by atoms with van der Waals surface area (Å²) in [5.41, 5.74) is 7.74. The molecule has 0 aliphatic carbocycles. The molecule has 104 valence electrons. The average molecular weight is 261 g/mol. The van der Waals surface area contributed by atoms with E-state index in [1.54, 1.807) is 0 Å². The van der Waals surface area contributed by atoms with Gasteiger partial charge in [-0.15, -0.1) is 0 Å². The molecule has 4 nitrogen and oxygen atoms in total. The molecule has 19 heavy (non-hydrogen) atoms. The van der Waals surface area contributed by atoms with E-state index in [9.17, 15) is 4.79 Å². The van der Waals surface area contributed by atoms with Crippen molar-refractivity contribution >= 4 is 11.6 Å². The van der Waals surface area contributed by atoms with E-state index in [1.165, 1.54) is 5.56 Å². The number of nitrogens with one attached hydrogen (secondary N) is 1. The molecule has 1 saturated heterocycles. The maximum Gasteiger partial charge on any atom is 0.243 e. The largest absolute Gasteiger partial charge is 0.357 e. The van der Waals surface area contributed by atoms with Crippen LogP contribution in [0.1, 0.15) is 25.8 Å². The van der Waals surface area contributed by atoms with E-state index in [4.69, 9.17) is 5.73 Å². The monoisotopic (exact) mass is 261 g/mol. The van der Waals surface area contributed by atoms with Gasteiger partial charge in [0.25, 0.3) is 0 Å². The van der Waals surface area contributed by atoms with Crippen molar-refractivity contribution in [2.45, 2.75) is 38.8 Å². The molecule has 0 bridgehead atoms. The van der Waals surface area contributed by atoms with Crippen molar-refractivity contribution in [1.82, 2.24) is 5.32 Å². The van der Waals surface area contributed by atoms with Gasteiger partial charge in [-0.2, -0.15) is 0 Å². The van der Waals surface area contributed by atoms with Crippen molar-refractivity contribution < 1.29 is 4.79 Å². The van der Waals surface area contributed by atoms with Crippen LogP contribution in [0.15, 0.2) is 24.3 Å². The number of hydrogen-bond acceptors (Lipinski definition) is 3. The number of carbonyl (C=O) groups is 1. The van der Waals surface area contributed by atoms with Gasteiger partial charge in [0.15, 0.2) is 0 Å². The Morgan fingerprint density at radius 3 is 2.84 bits per heavy atom. The molecule has 0 spiro atoms. The van der Waals surface area contributed by atoms with Gasteiger partial charge < -0.3 is 16.0 Å². The van der Waals surface area contributed by atoms with Crippen LogP contribution < -0.4 is 16.0 Å². The van der Waals surface area contributed by atoms with Gasteiger partial charge >= 0.3 is 0 Å². The zero-order valence-corrected chi connectivity index (χ0v) is 11.9. The highest BCUT2D eigenvalue weighted by molar-refractivity contribution is 5.87. The van der Waals surface area contributed by atoms with Crippen molar-refractivity contribution in [1.29, 1.82) is 0 Å². The predicted octanol–water partition coefficient (Wildman–Crippen LogP) is 1.43. The molecule has 1 fully saturated rings. The quantitative estimate of drug-likeness (QED) is 0.865. The van der Waals surface area contributed by atoms with Crippen molar-refractivity contribution in [2.75, 3.05) is 18.0 Å². The second kappa shape index (κ2) is 5.21. The van der Waals surface area contributed by atoms with Crippen molar-refractivity contribution in [3.8, 4) is 0 Å². The zero-order valence-electron chi connectivity index (χ0n) is 11.9. The zero-order chi connectivity index (χ0) is 14.0. The summed E-state index contributed by atoms with van der Waals surface area (Å²) in [5, 5.41) is 3.07. The number of benzene rings is 1. The van der Waals surface area contributed by atoms with Crippen molar-refractivity contribution in [3.05, 3.63) is 29.8 Å². The van der Waals surface area contributed by atoms with Crippen LogP contribution in [-0.4, -0.2) is 30.6 Å². The van der Waals surface area contributed by atoms with Crippen LogP contribution in [0, 0.1) is 6.92 Å². The standard InChI is InChI=1S/C15H23N3O/c1-11-5-4-6-12(9-11)18-10-15(2,3)17-14(19)13(18)7-8-16/h4-6,9,13H,7-8,10,16H2,1-3H3,(H,17,19). The summed E-state index contributed by atoms with van der Waals surface area (Å²) < 4.78 is 0. The lowest BCUT2D eigenvalue weighted by Crippen LogP contribution is -2.65. The van der Waals surface area contributed by atoms with E-state index in [0.717, 1.165) is 12.2 Å². The number of nitrogens with two attached hydrogens (primary N) is 1. The topological polar surface area (TPSA) is 58.4 Å². The Kier molecular flexibility index (Phi) is 3.80. The second-order valence-corrected chi connectivity index (χ2v) is 5.93. The third-order valence-electron chi connectivity index (χ3n) is 3.48. The third-order valence-corrected chi connectivity index (χ3v) is 3.48. The first kappa shape index (κ1) is 13.9. The number of piperazine rings is 1. The van der Waals surface area contributed by atoms with Gasteiger partial charge in [-0.25, -0.2) is 0 Å². The van der Waals surface area contributed by atoms with Crippen LogP contribution in [0.25, 0.3) is 0 Å². The number of amides is 1. The highest BCUT2D eigenvalue weighted by Gasteiger charge is 2.37. The van der Waals surface area contributed by atoms with Gasteiger partial charge in [0.1, 0.15) is 6.04 Å². The lowest BCUT2D eigenvalue weighted by Gasteiger charge is -2.45. The third kappa shape index (κ3) is 3.07. The molecule has 4 heteroatoms. The molecule has 0 radical (unpaired) electrons. The molecule has 1 aliphatic rings. The summed E-state index contributed by atoms with van der Waals surface area (Å²) in [6, 6.07) is 8.11. The SMILES string of the molecule is Cc1cccc(N2CC(C)(C)NC(=O)C2CCN)c1. The van der Waals surface area contributed by atoms with Crippen LogP contribution in [0.3, 0.4) is 0 Å². The maximum absolute atomic E-state index is 12.3. The minimum atomic E-state index is -0.216. The summed E-state index contributed by atoms with van der Waals surface area (Å²) in [5.74, 6) is 0.0724. The fourth-order valence-electron chi connectivity index (χ4n) is 2.66. The summed E-state index contributed by atoms with van der Waals surface area (Å²) in [6.45, 7) is 7.48. The Labute approximate surface area is 115 Å². The minimum Gasteiger partial charge on any atom is -0.357 e. The Morgan fingerprint density at radius 2 is 2.21 bits per heavy atom. The Bertz CT molecular complexity index is 470. The van der Waals surface area contributed by atoms with Gasteiger partial charge in [0, 0.05) is 12.2 Å². The first-order valence-corrected chi connectivity index (χ1v) is 6.78. The molecular weight excluding hydrogens is 238 g/mol. The van der Waals surface area contributed by atoms with E-state index in [-0.39, 0.29) is 17.5 Å². The fraction of sp³-hybridized carbons (Fsp3) is 0.533. The van der Waals surface area contributed by atoms with Crippen LogP contribution in [-0.2, 0) is 4.79 Å². The fourth-order valence-corrected chi connectivity index (χ4v) is 2.66. The highest BCUT2D eigenvalue weighted by Crippen LogP contribution is 2.26. The molecule has 1 heterocycles. The summed E-state index contributed by atoms with van der Waals surface area (Å²) >= 11 is 0. The highest BCUT2D eigenvalue weighted by atomic mass is 16.2. The predicted molar refractivity (Wildman–Crippen MR) is 78.2 cm³/mol. The summed E-state index contributed by atoms with van der Waals surface area (Å²) in [7, 11) is 0. The van der Waals surface area contributed by atoms with Crippen LogP contribution in [0.5, 0.6) is 0 Å². The molecule has 0 saturated carbocycles. The molecule has 1 aliphatic heterocycles. The number of aryl methyl sites for hydroxylation is 1. The van der Waals surface area contributed by atoms with E-state index in [1.807, 2.05) is 19.9 Å². The van der Waals surface area contributed by atoms with Crippen molar-refractivity contribution in [2.24, 2.45) is 5.73 Å². The van der Waals surface area contributed by atoms with Crippen LogP contribution in [0.4, 0.5) is 5.69 Å². The first-order chi connectivity index (χ1) is 8.93. The van der Waals surface area contributed by atoms with Gasteiger partial charge in [-0.05, 0) is 51.4 Å². The maximum atomic E-state index is 12.3. The first-order valence-electron chi connectivity index (χ1n) is 6.78. The molecule has 1 aromatic rings. The molecule has 0 aromatic heterocycles. The molecule has 1 amide bonds. The lowest BCUT2D eigenvalue weighted by molar-refractivity contribution is -0.125. The Balaban J connectivity index is 2.34. The smallest absolute Gasteiger partial charge is 0.243 e. The summed E-state index contributed by atoms with van der Waals surface area (Å²) in [6.07, 6.45) is 0.676. The van der Waals surface area contributed by atoms with E-state index >= 15 is 0 Å². The van der Waals surface area contributed by atoms with E-state index in [2.05, 4.69) is 35.3 Å². The van der Waals surface area contributed by atoms with Crippen molar-refractivity contribution in [3.63, 3.8) is 0 Å². The molecule has 3 N–H and O–H groups in total. The number of anilines is 1. The van der Waals surface area contributed by atoms with E-state index in [0.29, 0.717) is 13.0 Å². The lowest BCUT2D eigenvalue weighted by atomic mass is 9.95. The molecular formula is C15H23N3O. The number of nitrogens with zero attached hydrogens (tertiary/aromatic N) is 1. The molecule has 2 rings (SSSR count). The number of carbonyl (C=O) groups excluding carboxylic acids is 1. The summed E-state index contributed by atoms with van der Waals surface area (Å²) in [4.78, 5) is 14.4. The Morgan fingerprint density at radius 1 is 1.47 bits per heavy atom. The van der Waals surface area contributed by atoms with Gasteiger partial charge in [0.2, 0.25) is 5.91 Å². The minimum absolute atomic E-state index is 0.0724. The number of rotatable bonds is 3. The van der Waals surface area contributed by atoms with Gasteiger partial charge in [-0.3, -0.25) is 4.79 Å². The second-order valence-electron chi connectivity index (χ2n) is 5.93. The Hall–Kier alpha value is -1.55.